The number of nitrogens with zero attached hydrogens (tertiary/aromatic N) is 2. The highest BCUT2D eigenvalue weighted by molar-refractivity contribution is 6.20. The topological polar surface area (TPSA) is 79.0 Å². The van der Waals surface area contributed by atoms with Gasteiger partial charge >= 0.3 is 6.03 Å². The lowest BCUT2D eigenvalue weighted by atomic mass is 10.0. The largest absolute Gasteiger partial charge is 0.379 e. The Balaban J connectivity index is 1.85. The van der Waals surface area contributed by atoms with Crippen molar-refractivity contribution >= 4 is 17.8 Å². The Labute approximate surface area is 97.6 Å². The van der Waals surface area contributed by atoms with Gasteiger partial charge in [0.05, 0.1) is 13.2 Å². The van der Waals surface area contributed by atoms with E-state index >= 15 is 0 Å². The number of nitrogens with one attached hydrogen (secondary N) is 1. The minimum Gasteiger partial charge on any atom is -0.379 e. The third kappa shape index (κ3) is 1.46. The summed E-state index contributed by atoms with van der Waals surface area (Å²) in [4.78, 5) is 35.5. The summed E-state index contributed by atoms with van der Waals surface area (Å²) in [5.41, 5.74) is -0.966. The highest BCUT2D eigenvalue weighted by Gasteiger charge is 2.63. The van der Waals surface area contributed by atoms with Crippen LogP contribution in [0.2, 0.25) is 0 Å². The molecule has 0 aromatic heterocycles. The number of amides is 4. The van der Waals surface area contributed by atoms with E-state index in [4.69, 9.17) is 4.74 Å². The molecule has 1 saturated carbocycles. The van der Waals surface area contributed by atoms with Crippen molar-refractivity contribution < 1.29 is 19.1 Å². The van der Waals surface area contributed by atoms with Crippen LogP contribution in [0, 0.1) is 5.41 Å². The number of barbiturate groups is 1. The number of imide groups is 2. The van der Waals surface area contributed by atoms with E-state index in [9.17, 15) is 14.4 Å². The molecule has 3 fully saturated rings. The van der Waals surface area contributed by atoms with Crippen molar-refractivity contribution in [2.75, 3.05) is 26.3 Å². The van der Waals surface area contributed by atoms with Gasteiger partial charge in [-0.3, -0.25) is 14.9 Å². The minimum atomic E-state index is -0.966. The van der Waals surface area contributed by atoms with E-state index in [1.807, 2.05) is 0 Å². The molecule has 1 N–H and O–H groups in total. The first-order valence-corrected chi connectivity index (χ1v) is 5.68. The number of ether oxygens (including phenoxy) is 1. The van der Waals surface area contributed by atoms with Gasteiger partial charge in [0.2, 0.25) is 5.91 Å². The molecule has 0 atom stereocenters. The Bertz CT molecular complexity index is 398. The van der Waals surface area contributed by atoms with Crippen LogP contribution in [0.3, 0.4) is 0 Å². The zero-order valence-electron chi connectivity index (χ0n) is 9.27. The number of urea groups is 1. The first-order chi connectivity index (χ1) is 8.15. The maximum atomic E-state index is 12.2. The van der Waals surface area contributed by atoms with E-state index in [1.165, 1.54) is 0 Å². The van der Waals surface area contributed by atoms with E-state index in [2.05, 4.69) is 5.32 Å². The third-order valence-corrected chi connectivity index (χ3v) is 3.47. The molecule has 0 radical (unpaired) electrons. The molecule has 4 amide bonds. The monoisotopic (exact) mass is 239 g/mol. The van der Waals surface area contributed by atoms with Crippen molar-refractivity contribution in [3.63, 3.8) is 0 Å². The summed E-state index contributed by atoms with van der Waals surface area (Å²) in [5, 5.41) is 4.98. The average Bonchev–Trinajstić information content (AvgIpc) is 3.10. The summed E-state index contributed by atoms with van der Waals surface area (Å²) < 4.78 is 5.17. The van der Waals surface area contributed by atoms with E-state index in [1.54, 1.807) is 5.01 Å². The fourth-order valence-corrected chi connectivity index (χ4v) is 2.24. The molecule has 1 aliphatic carbocycles. The molecule has 3 rings (SSSR count). The van der Waals surface area contributed by atoms with Crippen LogP contribution < -0.4 is 5.32 Å². The van der Waals surface area contributed by atoms with Gasteiger partial charge < -0.3 is 4.74 Å². The van der Waals surface area contributed by atoms with Gasteiger partial charge in [0, 0.05) is 13.1 Å². The molecule has 3 aliphatic rings. The molecule has 92 valence electrons. The number of carbonyl (C=O) groups is 3. The Kier molecular flexibility index (Phi) is 2.20. The number of hydrogen-bond acceptors (Lipinski definition) is 5. The van der Waals surface area contributed by atoms with Crippen LogP contribution in [0.4, 0.5) is 4.79 Å². The second kappa shape index (κ2) is 3.51. The van der Waals surface area contributed by atoms with Gasteiger partial charge in [-0.15, -0.1) is 0 Å². The molecule has 0 aromatic rings. The third-order valence-electron chi connectivity index (χ3n) is 3.47. The molecule has 0 unspecified atom stereocenters. The number of hydrogen-bond donors (Lipinski definition) is 1. The van der Waals surface area contributed by atoms with Crippen LogP contribution in [-0.2, 0) is 14.3 Å². The maximum Gasteiger partial charge on any atom is 0.345 e. The first-order valence-electron chi connectivity index (χ1n) is 5.68. The Morgan fingerprint density at radius 1 is 1.12 bits per heavy atom. The average molecular weight is 239 g/mol. The second-order valence-corrected chi connectivity index (χ2v) is 4.52. The SMILES string of the molecule is O=C1NC(=O)C2(CC2)C(=O)N1N1CCOCC1. The van der Waals surface area contributed by atoms with E-state index in [0.29, 0.717) is 39.1 Å². The Hall–Kier alpha value is -1.47. The Morgan fingerprint density at radius 3 is 2.35 bits per heavy atom. The number of hydrazine groups is 1. The smallest absolute Gasteiger partial charge is 0.345 e. The standard InChI is InChI=1S/C10H13N3O4/c14-7-10(1-2-10)8(15)13(9(16)11-7)12-3-5-17-6-4-12/h1-6H2,(H,11,14,16). The zero-order chi connectivity index (χ0) is 12.0. The van der Waals surface area contributed by atoms with Gasteiger partial charge in [-0.1, -0.05) is 0 Å². The van der Waals surface area contributed by atoms with Crippen molar-refractivity contribution in [2.24, 2.45) is 5.41 Å². The predicted octanol–water partition coefficient (Wildman–Crippen LogP) is -0.908. The van der Waals surface area contributed by atoms with Crippen LogP contribution in [0.1, 0.15) is 12.8 Å². The fourth-order valence-electron chi connectivity index (χ4n) is 2.24. The molecule has 7 nitrogen and oxygen atoms in total. The molecule has 17 heavy (non-hydrogen) atoms. The summed E-state index contributed by atoms with van der Waals surface area (Å²) in [7, 11) is 0. The van der Waals surface area contributed by atoms with Crippen LogP contribution in [0.5, 0.6) is 0 Å². The highest BCUT2D eigenvalue weighted by Crippen LogP contribution is 2.49. The van der Waals surface area contributed by atoms with Gasteiger partial charge in [0.15, 0.2) is 0 Å². The van der Waals surface area contributed by atoms with Gasteiger partial charge in [-0.05, 0) is 12.8 Å². The van der Waals surface area contributed by atoms with E-state index < -0.39 is 17.4 Å². The lowest BCUT2D eigenvalue weighted by Gasteiger charge is -2.39. The van der Waals surface area contributed by atoms with Gasteiger partial charge in [-0.2, -0.15) is 5.01 Å². The zero-order valence-corrected chi connectivity index (χ0v) is 9.27. The maximum absolute atomic E-state index is 12.2. The van der Waals surface area contributed by atoms with Crippen LogP contribution in [0.15, 0.2) is 0 Å². The van der Waals surface area contributed by atoms with Gasteiger partial charge in [-0.25, -0.2) is 9.80 Å². The van der Waals surface area contributed by atoms with Crippen molar-refractivity contribution in [1.29, 1.82) is 0 Å². The highest BCUT2D eigenvalue weighted by atomic mass is 16.5. The molecule has 2 heterocycles. The predicted molar refractivity (Wildman–Crippen MR) is 54.4 cm³/mol. The lowest BCUT2D eigenvalue weighted by molar-refractivity contribution is -0.161. The molecular weight excluding hydrogens is 226 g/mol. The van der Waals surface area contributed by atoms with Crippen LogP contribution in [-0.4, -0.2) is 54.2 Å². The van der Waals surface area contributed by atoms with Crippen molar-refractivity contribution in [1.82, 2.24) is 15.3 Å². The quantitative estimate of drug-likeness (QED) is 0.599. The molecule has 0 aromatic carbocycles. The van der Waals surface area contributed by atoms with Crippen LogP contribution >= 0.6 is 0 Å². The van der Waals surface area contributed by atoms with Crippen molar-refractivity contribution in [2.45, 2.75) is 12.8 Å². The summed E-state index contributed by atoms with van der Waals surface area (Å²) in [5.74, 6) is -0.829. The van der Waals surface area contributed by atoms with E-state index in [-0.39, 0.29) is 5.91 Å². The molecule has 7 heteroatoms. The normalized spacial score (nSPS) is 28.5. The minimum absolute atomic E-state index is 0.381. The lowest BCUT2D eigenvalue weighted by Crippen LogP contribution is -2.65. The summed E-state index contributed by atoms with van der Waals surface area (Å²) >= 11 is 0. The van der Waals surface area contributed by atoms with E-state index in [0.717, 1.165) is 5.01 Å². The number of rotatable bonds is 1. The van der Waals surface area contributed by atoms with Crippen LogP contribution in [0.25, 0.3) is 0 Å². The summed E-state index contributed by atoms with van der Waals surface area (Å²) in [6.07, 6.45) is 1.07. The Morgan fingerprint density at radius 2 is 1.76 bits per heavy atom. The fraction of sp³-hybridized carbons (Fsp3) is 0.700. The molecular formula is C10H13N3O4. The molecule has 0 bridgehead atoms. The first kappa shape index (κ1) is 10.7. The molecule has 2 aliphatic heterocycles. The molecule has 2 saturated heterocycles. The van der Waals surface area contributed by atoms with Gasteiger partial charge in [0.25, 0.3) is 5.91 Å². The van der Waals surface area contributed by atoms with Crippen molar-refractivity contribution in [3.05, 3.63) is 0 Å². The second-order valence-electron chi connectivity index (χ2n) is 4.52. The summed E-state index contributed by atoms with van der Waals surface area (Å²) in [6, 6.07) is -0.639. The number of carbonyl (C=O) groups excluding carboxylic acids is 3. The summed E-state index contributed by atoms with van der Waals surface area (Å²) in [6.45, 7) is 1.95. The number of morpholine rings is 1. The molecule has 1 spiro atoms. The van der Waals surface area contributed by atoms with Crippen molar-refractivity contribution in [3.8, 4) is 0 Å². The van der Waals surface area contributed by atoms with Gasteiger partial charge in [0.1, 0.15) is 5.41 Å².